The van der Waals surface area contributed by atoms with Crippen LogP contribution in [0.1, 0.15) is 39.9 Å². The number of carbonyl (C=O) groups is 1. The molecule has 1 atom stereocenters. The molecule has 1 fully saturated rings. The maximum atomic E-state index is 13.0. The van der Waals surface area contributed by atoms with Gasteiger partial charge in [-0.15, -0.1) is 10.2 Å². The summed E-state index contributed by atoms with van der Waals surface area (Å²) in [5.74, 6) is 1.35. The molecule has 1 amide bonds. The van der Waals surface area contributed by atoms with Crippen molar-refractivity contribution in [3.8, 4) is 17.1 Å². The van der Waals surface area contributed by atoms with Gasteiger partial charge in [-0.1, -0.05) is 6.07 Å². The van der Waals surface area contributed by atoms with Crippen molar-refractivity contribution < 1.29 is 9.53 Å². The van der Waals surface area contributed by atoms with Crippen LogP contribution in [0, 0.1) is 6.92 Å². The smallest absolute Gasteiger partial charge is 0.251 e. The van der Waals surface area contributed by atoms with E-state index in [9.17, 15) is 4.79 Å². The van der Waals surface area contributed by atoms with Crippen molar-refractivity contribution in [2.24, 2.45) is 0 Å². The number of benzene rings is 2. The first-order chi connectivity index (χ1) is 18.6. The summed E-state index contributed by atoms with van der Waals surface area (Å²) < 4.78 is 5.16. The SMILES string of the molecule is COc1ccc(-c2cc(C)c3ncnc(N4CCc5ccc(C(=O)N[C@H]6CCCNC6)cc5C4)c3c2)nn1. The van der Waals surface area contributed by atoms with Crippen molar-refractivity contribution in [3.05, 3.63) is 71.0 Å². The molecule has 4 aromatic rings. The summed E-state index contributed by atoms with van der Waals surface area (Å²) >= 11 is 0. The zero-order valence-corrected chi connectivity index (χ0v) is 21.7. The number of methoxy groups -OCH3 is 1. The molecule has 2 aromatic heterocycles. The molecule has 0 spiro atoms. The number of hydrogen-bond donors (Lipinski definition) is 2. The Balaban J connectivity index is 1.30. The van der Waals surface area contributed by atoms with Crippen LogP contribution in [0.5, 0.6) is 5.88 Å². The number of nitrogens with zero attached hydrogens (tertiary/aromatic N) is 5. The maximum absolute atomic E-state index is 13.0. The number of rotatable bonds is 5. The Bertz CT molecular complexity index is 1480. The Kier molecular flexibility index (Phi) is 6.59. The first-order valence-electron chi connectivity index (χ1n) is 13.1. The Morgan fingerprint density at radius 1 is 1.11 bits per heavy atom. The summed E-state index contributed by atoms with van der Waals surface area (Å²) in [7, 11) is 1.58. The summed E-state index contributed by atoms with van der Waals surface area (Å²) in [4.78, 5) is 24.6. The monoisotopic (exact) mass is 509 g/mol. The number of amides is 1. The van der Waals surface area contributed by atoms with E-state index in [1.54, 1.807) is 13.4 Å². The van der Waals surface area contributed by atoms with Crippen molar-refractivity contribution in [1.82, 2.24) is 30.8 Å². The van der Waals surface area contributed by atoms with Crippen molar-refractivity contribution >= 4 is 22.6 Å². The predicted octanol–water partition coefficient (Wildman–Crippen LogP) is 3.45. The molecule has 194 valence electrons. The van der Waals surface area contributed by atoms with Gasteiger partial charge in [0.15, 0.2) is 0 Å². The average molecular weight is 510 g/mol. The van der Waals surface area contributed by atoms with Crippen molar-refractivity contribution in [1.29, 1.82) is 0 Å². The highest BCUT2D eigenvalue weighted by molar-refractivity contribution is 5.96. The molecule has 0 saturated carbocycles. The maximum Gasteiger partial charge on any atom is 0.251 e. The molecule has 9 heteroatoms. The van der Waals surface area contributed by atoms with Crippen LogP contribution in [-0.2, 0) is 13.0 Å². The van der Waals surface area contributed by atoms with Crippen molar-refractivity contribution in [2.75, 3.05) is 31.6 Å². The number of aromatic nitrogens is 4. The minimum absolute atomic E-state index is 0.00743. The zero-order chi connectivity index (χ0) is 26.1. The van der Waals surface area contributed by atoms with E-state index in [1.807, 2.05) is 24.3 Å². The third kappa shape index (κ3) is 4.77. The second-order valence-corrected chi connectivity index (χ2v) is 10.0. The second kappa shape index (κ2) is 10.3. The van der Waals surface area contributed by atoms with Crippen LogP contribution in [0.2, 0.25) is 0 Å². The molecule has 9 nitrogen and oxygen atoms in total. The molecule has 2 aliphatic rings. The van der Waals surface area contributed by atoms with E-state index in [0.29, 0.717) is 18.0 Å². The molecule has 2 aromatic carbocycles. The highest BCUT2D eigenvalue weighted by Crippen LogP contribution is 2.33. The molecular weight excluding hydrogens is 478 g/mol. The summed E-state index contributed by atoms with van der Waals surface area (Å²) in [5, 5.41) is 16.0. The molecule has 4 heterocycles. The summed E-state index contributed by atoms with van der Waals surface area (Å²) in [6.45, 7) is 5.42. The third-order valence-corrected chi connectivity index (χ3v) is 7.47. The van der Waals surface area contributed by atoms with Crippen LogP contribution in [0.4, 0.5) is 5.82 Å². The summed E-state index contributed by atoms with van der Waals surface area (Å²) in [5.41, 5.74) is 6.83. The lowest BCUT2D eigenvalue weighted by atomic mass is 9.96. The van der Waals surface area contributed by atoms with Gasteiger partial charge in [0.2, 0.25) is 5.88 Å². The second-order valence-electron chi connectivity index (χ2n) is 10.0. The van der Waals surface area contributed by atoms with E-state index < -0.39 is 0 Å². The van der Waals surface area contributed by atoms with Crippen molar-refractivity contribution in [2.45, 2.75) is 38.8 Å². The van der Waals surface area contributed by atoms with E-state index in [-0.39, 0.29) is 11.9 Å². The Labute approximate surface area is 221 Å². The minimum atomic E-state index is -0.00743. The molecular formula is C29H31N7O2. The number of nitrogens with one attached hydrogen (secondary N) is 2. The van der Waals surface area contributed by atoms with Crippen LogP contribution in [0.3, 0.4) is 0 Å². The van der Waals surface area contributed by atoms with Gasteiger partial charge in [-0.2, -0.15) is 0 Å². The molecule has 2 N–H and O–H groups in total. The topological polar surface area (TPSA) is 105 Å². The highest BCUT2D eigenvalue weighted by Gasteiger charge is 2.23. The van der Waals surface area contributed by atoms with Crippen LogP contribution in [-0.4, -0.2) is 58.9 Å². The fourth-order valence-electron chi connectivity index (χ4n) is 5.44. The lowest BCUT2D eigenvalue weighted by Gasteiger charge is -2.31. The summed E-state index contributed by atoms with van der Waals surface area (Å²) in [6.07, 6.45) is 4.62. The van der Waals surface area contributed by atoms with E-state index in [1.165, 1.54) is 5.56 Å². The van der Waals surface area contributed by atoms with Gasteiger partial charge in [0.1, 0.15) is 12.1 Å². The number of aryl methyl sites for hydroxylation is 1. The number of ether oxygens (including phenoxy) is 1. The Morgan fingerprint density at radius 2 is 2.03 bits per heavy atom. The third-order valence-electron chi connectivity index (χ3n) is 7.47. The van der Waals surface area contributed by atoms with Gasteiger partial charge < -0.3 is 20.3 Å². The van der Waals surface area contributed by atoms with Crippen LogP contribution >= 0.6 is 0 Å². The number of carbonyl (C=O) groups excluding carboxylic acids is 1. The van der Waals surface area contributed by atoms with Crippen LogP contribution < -0.4 is 20.3 Å². The molecule has 38 heavy (non-hydrogen) atoms. The highest BCUT2D eigenvalue weighted by atomic mass is 16.5. The van der Waals surface area contributed by atoms with Gasteiger partial charge in [-0.25, -0.2) is 9.97 Å². The Hall–Kier alpha value is -4.11. The molecule has 0 radical (unpaired) electrons. The van der Waals surface area contributed by atoms with Gasteiger partial charge >= 0.3 is 0 Å². The molecule has 0 unspecified atom stereocenters. The minimum Gasteiger partial charge on any atom is -0.480 e. The van der Waals surface area contributed by atoms with E-state index in [4.69, 9.17) is 9.72 Å². The Morgan fingerprint density at radius 3 is 2.82 bits per heavy atom. The first kappa shape index (κ1) is 24.2. The van der Waals surface area contributed by atoms with E-state index in [2.05, 4.69) is 55.8 Å². The van der Waals surface area contributed by atoms with Gasteiger partial charge in [0.25, 0.3) is 5.91 Å². The zero-order valence-electron chi connectivity index (χ0n) is 21.7. The lowest BCUT2D eigenvalue weighted by molar-refractivity contribution is 0.0930. The number of hydrogen-bond acceptors (Lipinski definition) is 8. The van der Waals surface area contributed by atoms with Gasteiger partial charge in [0.05, 0.1) is 18.3 Å². The number of piperidine rings is 1. The van der Waals surface area contributed by atoms with E-state index >= 15 is 0 Å². The molecule has 2 aliphatic heterocycles. The molecule has 0 bridgehead atoms. The number of fused-ring (bicyclic) bond motifs is 2. The van der Waals surface area contributed by atoms with Gasteiger partial charge in [-0.3, -0.25) is 4.79 Å². The molecule has 6 rings (SSSR count). The van der Waals surface area contributed by atoms with Crippen LogP contribution in [0.25, 0.3) is 22.2 Å². The largest absolute Gasteiger partial charge is 0.480 e. The lowest BCUT2D eigenvalue weighted by Crippen LogP contribution is -2.45. The van der Waals surface area contributed by atoms with E-state index in [0.717, 1.165) is 78.0 Å². The quantitative estimate of drug-likeness (QED) is 0.422. The van der Waals surface area contributed by atoms with Gasteiger partial charge in [0, 0.05) is 48.3 Å². The molecule has 1 saturated heterocycles. The fourth-order valence-corrected chi connectivity index (χ4v) is 5.44. The fraction of sp³-hybridized carbons (Fsp3) is 0.345. The van der Waals surface area contributed by atoms with Crippen LogP contribution in [0.15, 0.2) is 48.8 Å². The predicted molar refractivity (Wildman–Crippen MR) is 146 cm³/mol. The van der Waals surface area contributed by atoms with Crippen molar-refractivity contribution in [3.63, 3.8) is 0 Å². The normalized spacial score (nSPS) is 17.2. The summed E-state index contributed by atoms with van der Waals surface area (Å²) in [6, 6.07) is 14.2. The standard InChI is InChI=1S/C29H31N7O2/c1-18-12-21(25-7-8-26(38-2)35-34-25)14-24-27(18)31-17-32-28(24)36-11-9-19-5-6-20(13-22(19)16-36)29(37)33-23-4-3-10-30-15-23/h5-8,12-14,17,23,30H,3-4,9-11,15-16H2,1-2H3,(H,33,37)/t23-/m0/s1. The average Bonchev–Trinajstić information content (AvgIpc) is 2.97. The van der Waals surface area contributed by atoms with Gasteiger partial charge in [-0.05, 0) is 79.8 Å². The molecule has 0 aliphatic carbocycles. The number of anilines is 1. The first-order valence-corrected chi connectivity index (χ1v) is 13.1.